The first-order valence-electron chi connectivity index (χ1n) is 16.0. The van der Waals surface area contributed by atoms with Crippen LogP contribution in [0.3, 0.4) is 0 Å². The quantitative estimate of drug-likeness (QED) is 0.181. The fourth-order valence-electron chi connectivity index (χ4n) is 6.68. The maximum atomic E-state index is 5.26. The molecule has 0 aliphatic heterocycles. The van der Waals surface area contributed by atoms with Crippen molar-refractivity contribution in [2.45, 2.75) is 0 Å². The second kappa shape index (κ2) is 11.7. The Hall–Kier alpha value is -6.52. The minimum atomic E-state index is 0.674. The van der Waals surface area contributed by atoms with Gasteiger partial charge >= 0.3 is 0 Å². The van der Waals surface area contributed by atoms with Crippen molar-refractivity contribution in [2.75, 3.05) is 0 Å². The van der Waals surface area contributed by atoms with Gasteiger partial charge in [-0.15, -0.1) is 0 Å². The minimum absolute atomic E-state index is 0.674. The molecule has 0 fully saturated rings. The van der Waals surface area contributed by atoms with Crippen molar-refractivity contribution >= 4 is 32.6 Å². The van der Waals surface area contributed by atoms with Gasteiger partial charge in [0.1, 0.15) is 6.33 Å². The van der Waals surface area contributed by atoms with Gasteiger partial charge in [0.2, 0.25) is 0 Å². The highest BCUT2D eigenvalue weighted by Gasteiger charge is 2.20. The van der Waals surface area contributed by atoms with E-state index in [1.165, 1.54) is 21.9 Å². The molecule has 7 aromatic carbocycles. The van der Waals surface area contributed by atoms with Crippen LogP contribution in [0.1, 0.15) is 0 Å². The summed E-state index contributed by atoms with van der Waals surface area (Å²) in [6, 6.07) is 53.3. The van der Waals surface area contributed by atoms with Crippen molar-refractivity contribution in [3.8, 4) is 55.9 Å². The summed E-state index contributed by atoms with van der Waals surface area (Å²) in [5.41, 5.74) is 11.7. The lowest BCUT2D eigenvalue weighted by Gasteiger charge is -2.17. The zero-order chi connectivity index (χ0) is 31.9. The molecule has 224 valence electrons. The molecular formula is C44H28N4. The van der Waals surface area contributed by atoms with E-state index in [0.29, 0.717) is 5.82 Å². The lowest BCUT2D eigenvalue weighted by Crippen LogP contribution is -1.98. The number of rotatable bonds is 5. The van der Waals surface area contributed by atoms with E-state index < -0.39 is 0 Å². The molecule has 2 heterocycles. The third kappa shape index (κ3) is 4.88. The Bertz CT molecular complexity index is 2580. The van der Waals surface area contributed by atoms with Gasteiger partial charge in [-0.3, -0.25) is 0 Å². The fraction of sp³-hybridized carbons (Fsp3) is 0. The predicted molar refractivity (Wildman–Crippen MR) is 197 cm³/mol. The van der Waals surface area contributed by atoms with Crippen molar-refractivity contribution in [1.29, 1.82) is 0 Å². The topological polar surface area (TPSA) is 51.6 Å². The van der Waals surface area contributed by atoms with Crippen molar-refractivity contribution in [1.82, 2.24) is 19.9 Å². The third-order valence-corrected chi connectivity index (χ3v) is 9.08. The molecule has 0 aliphatic carbocycles. The van der Waals surface area contributed by atoms with Crippen LogP contribution in [0.5, 0.6) is 0 Å². The molecule has 0 amide bonds. The lowest BCUT2D eigenvalue weighted by molar-refractivity contribution is 1.21. The van der Waals surface area contributed by atoms with E-state index in [0.717, 1.165) is 60.8 Å². The maximum absolute atomic E-state index is 5.26. The van der Waals surface area contributed by atoms with Crippen LogP contribution in [0.15, 0.2) is 170 Å². The van der Waals surface area contributed by atoms with E-state index in [-0.39, 0.29) is 0 Å². The lowest BCUT2D eigenvalue weighted by atomic mass is 9.89. The number of benzene rings is 7. The van der Waals surface area contributed by atoms with E-state index in [9.17, 15) is 0 Å². The molecule has 0 radical (unpaired) electrons. The molecule has 9 aromatic rings. The van der Waals surface area contributed by atoms with Gasteiger partial charge in [-0.1, -0.05) is 146 Å². The summed E-state index contributed by atoms with van der Waals surface area (Å²) in [5, 5.41) is 4.36. The molecule has 4 heteroatoms. The Kier molecular flexibility index (Phi) is 6.76. The standard InChI is InChI=1S/C44H28N4/c1-3-10-33(11-4-1)40-41(34-12-5-2-6-13-34)43-39(38-26-45-28-47-42(38)40)27-46-44(48-43)35-22-19-31(20-23-35)30-15-17-32(18-16-30)37-24-21-29-9-7-8-14-36(29)25-37/h1-28H. The molecular weight excluding hydrogens is 585 g/mol. The third-order valence-electron chi connectivity index (χ3n) is 9.08. The summed E-state index contributed by atoms with van der Waals surface area (Å²) < 4.78 is 0. The highest BCUT2D eigenvalue weighted by atomic mass is 14.9. The Labute approximate surface area is 278 Å². The molecule has 0 N–H and O–H groups in total. The normalized spacial score (nSPS) is 11.3. The fourth-order valence-corrected chi connectivity index (χ4v) is 6.68. The second-order valence-corrected chi connectivity index (χ2v) is 11.9. The number of hydrogen-bond acceptors (Lipinski definition) is 4. The smallest absolute Gasteiger partial charge is 0.159 e. The molecule has 48 heavy (non-hydrogen) atoms. The van der Waals surface area contributed by atoms with Crippen LogP contribution < -0.4 is 0 Å². The van der Waals surface area contributed by atoms with Crippen molar-refractivity contribution in [3.05, 3.63) is 170 Å². The summed E-state index contributed by atoms with van der Waals surface area (Å²) in [6.45, 7) is 0. The zero-order valence-electron chi connectivity index (χ0n) is 26.0. The Morgan fingerprint density at radius 1 is 0.354 bits per heavy atom. The van der Waals surface area contributed by atoms with Gasteiger partial charge in [0.25, 0.3) is 0 Å². The van der Waals surface area contributed by atoms with Crippen molar-refractivity contribution in [3.63, 3.8) is 0 Å². The molecule has 0 saturated heterocycles. The van der Waals surface area contributed by atoms with E-state index >= 15 is 0 Å². The summed E-state index contributed by atoms with van der Waals surface area (Å²) in [7, 11) is 0. The SMILES string of the molecule is c1ccc(-c2c(-c3ccccc3)c3nc(-c4ccc(-c5ccc(-c6ccc7ccccc7c6)cc5)cc4)ncc3c3cncnc23)cc1. The van der Waals surface area contributed by atoms with Crippen LogP contribution in [0, 0.1) is 0 Å². The van der Waals surface area contributed by atoms with Gasteiger partial charge in [-0.2, -0.15) is 0 Å². The Morgan fingerprint density at radius 3 is 1.54 bits per heavy atom. The molecule has 2 aromatic heterocycles. The molecule has 0 aliphatic rings. The summed E-state index contributed by atoms with van der Waals surface area (Å²) in [6.07, 6.45) is 5.40. The molecule has 9 rings (SSSR count). The van der Waals surface area contributed by atoms with Crippen LogP contribution in [0.2, 0.25) is 0 Å². The number of fused-ring (bicyclic) bond motifs is 4. The zero-order valence-corrected chi connectivity index (χ0v) is 26.0. The van der Waals surface area contributed by atoms with Crippen LogP contribution in [-0.4, -0.2) is 19.9 Å². The largest absolute Gasteiger partial charge is 0.244 e. The molecule has 0 unspecified atom stereocenters. The van der Waals surface area contributed by atoms with Gasteiger partial charge < -0.3 is 0 Å². The van der Waals surface area contributed by atoms with Crippen molar-refractivity contribution in [2.24, 2.45) is 0 Å². The average Bonchev–Trinajstić information content (AvgIpc) is 3.18. The predicted octanol–water partition coefficient (Wildman–Crippen LogP) is 11.1. The van der Waals surface area contributed by atoms with Gasteiger partial charge in [-0.05, 0) is 50.2 Å². The highest BCUT2D eigenvalue weighted by Crippen LogP contribution is 2.43. The van der Waals surface area contributed by atoms with E-state index in [1.807, 2.05) is 24.5 Å². The van der Waals surface area contributed by atoms with E-state index in [1.54, 1.807) is 6.33 Å². The van der Waals surface area contributed by atoms with E-state index in [2.05, 4.69) is 145 Å². The van der Waals surface area contributed by atoms with Gasteiger partial charge in [0.15, 0.2) is 5.82 Å². The molecule has 0 spiro atoms. The molecule has 0 atom stereocenters. The molecule has 0 bridgehead atoms. The summed E-state index contributed by atoms with van der Waals surface area (Å²) in [4.78, 5) is 19.3. The van der Waals surface area contributed by atoms with Crippen LogP contribution >= 0.6 is 0 Å². The first kappa shape index (κ1) is 27.8. The van der Waals surface area contributed by atoms with Gasteiger partial charge in [0.05, 0.1) is 11.0 Å². The maximum Gasteiger partial charge on any atom is 0.159 e. The highest BCUT2D eigenvalue weighted by molar-refractivity contribution is 6.19. The Balaban J connectivity index is 1.12. The second-order valence-electron chi connectivity index (χ2n) is 11.9. The number of aromatic nitrogens is 4. The Morgan fingerprint density at radius 2 is 0.875 bits per heavy atom. The summed E-state index contributed by atoms with van der Waals surface area (Å²) in [5.74, 6) is 0.674. The number of nitrogens with zero attached hydrogens (tertiary/aromatic N) is 4. The van der Waals surface area contributed by atoms with Gasteiger partial charge in [-0.25, -0.2) is 19.9 Å². The van der Waals surface area contributed by atoms with Crippen LogP contribution in [0.25, 0.3) is 88.5 Å². The minimum Gasteiger partial charge on any atom is -0.244 e. The summed E-state index contributed by atoms with van der Waals surface area (Å²) >= 11 is 0. The first-order valence-corrected chi connectivity index (χ1v) is 16.0. The molecule has 4 nitrogen and oxygen atoms in total. The number of hydrogen-bond donors (Lipinski definition) is 0. The van der Waals surface area contributed by atoms with Crippen LogP contribution in [0.4, 0.5) is 0 Å². The van der Waals surface area contributed by atoms with Crippen LogP contribution in [-0.2, 0) is 0 Å². The average molecular weight is 613 g/mol. The van der Waals surface area contributed by atoms with E-state index in [4.69, 9.17) is 15.0 Å². The molecule has 0 saturated carbocycles. The monoisotopic (exact) mass is 612 g/mol. The first-order chi connectivity index (χ1) is 23.8. The van der Waals surface area contributed by atoms with Gasteiger partial charge in [0, 0.05) is 39.9 Å². The van der Waals surface area contributed by atoms with Crippen molar-refractivity contribution < 1.29 is 0 Å².